The molecule has 174 valence electrons. The molecule has 2 heterocycles. The molecule has 4 rings (SSSR count). The molecular weight excluding hydrogens is 427 g/mol. The summed E-state index contributed by atoms with van der Waals surface area (Å²) in [5.74, 6) is -0.339. The molecule has 32 heavy (non-hydrogen) atoms. The van der Waals surface area contributed by atoms with Gasteiger partial charge in [0.1, 0.15) is 11.1 Å². The first-order valence-electron chi connectivity index (χ1n) is 11.4. The third-order valence-electron chi connectivity index (χ3n) is 7.15. The molecular formula is C25H33FN2O3S. The van der Waals surface area contributed by atoms with Crippen molar-refractivity contribution in [1.29, 1.82) is 0 Å². The first kappa shape index (κ1) is 23.4. The fraction of sp³-hybridized carbons (Fsp3) is 0.520. The number of rotatable bonds is 6. The molecule has 2 fully saturated rings. The van der Waals surface area contributed by atoms with Gasteiger partial charge >= 0.3 is 0 Å². The van der Waals surface area contributed by atoms with Crippen LogP contribution in [0.4, 0.5) is 4.39 Å². The Balaban J connectivity index is 1.60. The zero-order chi connectivity index (χ0) is 22.8. The average molecular weight is 461 g/mol. The number of halogens is 1. The van der Waals surface area contributed by atoms with Crippen LogP contribution >= 0.6 is 0 Å². The van der Waals surface area contributed by atoms with Gasteiger partial charge in [0.15, 0.2) is 0 Å². The van der Waals surface area contributed by atoms with E-state index in [4.69, 9.17) is 4.74 Å². The Morgan fingerprint density at radius 2 is 1.84 bits per heavy atom. The number of nitrogens with zero attached hydrogens (tertiary/aromatic N) is 1. The van der Waals surface area contributed by atoms with Crippen LogP contribution in [0.15, 0.2) is 48.5 Å². The van der Waals surface area contributed by atoms with Crippen molar-refractivity contribution in [3.05, 3.63) is 71.0 Å². The second-order valence-corrected chi connectivity index (χ2v) is 11.2. The summed E-state index contributed by atoms with van der Waals surface area (Å²) in [6.45, 7) is 4.05. The van der Waals surface area contributed by atoms with Crippen LogP contribution in [-0.4, -0.2) is 45.6 Å². The number of benzene rings is 2. The molecule has 1 N–H and O–H groups in total. The fourth-order valence-electron chi connectivity index (χ4n) is 5.19. The summed E-state index contributed by atoms with van der Waals surface area (Å²) in [5.41, 5.74) is 2.02. The summed E-state index contributed by atoms with van der Waals surface area (Å²) in [4.78, 5) is 0. The maximum Gasteiger partial charge on any atom is 0.221 e. The van der Waals surface area contributed by atoms with Crippen molar-refractivity contribution in [1.82, 2.24) is 9.62 Å². The molecule has 0 spiro atoms. The third-order valence-corrected chi connectivity index (χ3v) is 9.52. The van der Waals surface area contributed by atoms with Gasteiger partial charge in [-0.3, -0.25) is 0 Å². The van der Waals surface area contributed by atoms with Crippen LogP contribution in [-0.2, 0) is 26.7 Å². The first-order valence-corrected chi connectivity index (χ1v) is 12.9. The number of hydrogen-bond acceptors (Lipinski definition) is 4. The molecule has 0 amide bonds. The van der Waals surface area contributed by atoms with Gasteiger partial charge in [0.25, 0.3) is 0 Å². The lowest BCUT2D eigenvalue weighted by molar-refractivity contribution is 0.0504. The lowest BCUT2D eigenvalue weighted by atomic mass is 9.74. The highest BCUT2D eigenvalue weighted by Crippen LogP contribution is 2.39. The van der Waals surface area contributed by atoms with Crippen molar-refractivity contribution in [2.75, 3.05) is 26.8 Å². The minimum Gasteiger partial charge on any atom is -0.381 e. The molecule has 0 radical (unpaired) electrons. The predicted molar refractivity (Wildman–Crippen MR) is 124 cm³/mol. The van der Waals surface area contributed by atoms with E-state index in [1.807, 2.05) is 50.4 Å². The van der Waals surface area contributed by atoms with Gasteiger partial charge < -0.3 is 10.1 Å². The largest absolute Gasteiger partial charge is 0.381 e. The molecule has 0 aliphatic carbocycles. The maximum absolute atomic E-state index is 15.3. The monoisotopic (exact) mass is 460 g/mol. The van der Waals surface area contributed by atoms with Gasteiger partial charge in [-0.2, -0.15) is 4.31 Å². The van der Waals surface area contributed by atoms with Crippen molar-refractivity contribution in [3.8, 4) is 0 Å². The molecule has 2 aliphatic rings. The zero-order valence-electron chi connectivity index (χ0n) is 18.9. The highest BCUT2D eigenvalue weighted by Gasteiger charge is 2.41. The van der Waals surface area contributed by atoms with Crippen LogP contribution in [0.5, 0.6) is 0 Å². The van der Waals surface area contributed by atoms with Crippen LogP contribution in [0.1, 0.15) is 54.5 Å². The van der Waals surface area contributed by atoms with Crippen LogP contribution in [0.2, 0.25) is 0 Å². The number of hydrogen-bond donors (Lipinski definition) is 1. The van der Waals surface area contributed by atoms with E-state index in [0.717, 1.165) is 36.9 Å². The van der Waals surface area contributed by atoms with Gasteiger partial charge in [0, 0.05) is 43.3 Å². The first-order chi connectivity index (χ1) is 15.4. The highest BCUT2D eigenvalue weighted by atomic mass is 32.2. The molecule has 5 nitrogen and oxygen atoms in total. The van der Waals surface area contributed by atoms with Gasteiger partial charge in [0.2, 0.25) is 10.0 Å². The SMILES string of the molecule is CNCC1(c2ccc(CN3C(C)CCC(c4ccccc4)S3(=O)=O)c(F)c2)CCOCC1. The molecule has 0 aromatic heterocycles. The molecule has 2 atom stereocenters. The average Bonchev–Trinajstić information content (AvgIpc) is 2.78. The molecule has 2 unspecified atom stereocenters. The van der Waals surface area contributed by atoms with Gasteiger partial charge in [-0.25, -0.2) is 12.8 Å². The lowest BCUT2D eigenvalue weighted by Gasteiger charge is -2.39. The normalized spacial score (nSPS) is 25.5. The van der Waals surface area contributed by atoms with E-state index < -0.39 is 15.3 Å². The van der Waals surface area contributed by atoms with Gasteiger partial charge in [0.05, 0.1) is 0 Å². The Hall–Kier alpha value is -1.80. The molecule has 0 bridgehead atoms. The summed E-state index contributed by atoms with van der Waals surface area (Å²) in [6, 6.07) is 14.5. The standard InChI is InChI=1S/C25H33FN2O3S/c1-19-8-11-24(20-6-4-3-5-7-20)32(29,30)28(19)17-21-9-10-22(16-23(21)26)25(18-27-2)12-14-31-15-13-25/h3-7,9-10,16,19,24,27H,8,11-15,17-18H2,1-2H3. The molecule has 0 saturated carbocycles. The Morgan fingerprint density at radius 3 is 2.50 bits per heavy atom. The molecule has 2 aromatic rings. The van der Waals surface area contributed by atoms with Crippen LogP contribution in [0, 0.1) is 5.82 Å². The molecule has 7 heteroatoms. The minimum atomic E-state index is -3.59. The summed E-state index contributed by atoms with van der Waals surface area (Å²) in [7, 11) is -1.68. The van der Waals surface area contributed by atoms with E-state index in [9.17, 15) is 8.42 Å². The van der Waals surface area contributed by atoms with Crippen LogP contribution < -0.4 is 5.32 Å². The van der Waals surface area contributed by atoms with Crippen LogP contribution in [0.25, 0.3) is 0 Å². The van der Waals surface area contributed by atoms with Crippen molar-refractivity contribution in [2.45, 2.75) is 55.9 Å². The predicted octanol–water partition coefficient (Wildman–Crippen LogP) is 4.15. The Morgan fingerprint density at radius 1 is 1.12 bits per heavy atom. The molecule has 2 aliphatic heterocycles. The Labute approximate surface area is 191 Å². The molecule has 2 saturated heterocycles. The van der Waals surface area contributed by atoms with Crippen molar-refractivity contribution < 1.29 is 17.5 Å². The van der Waals surface area contributed by atoms with Gasteiger partial charge in [-0.05, 0) is 56.8 Å². The third kappa shape index (κ3) is 4.49. The second kappa shape index (κ2) is 9.59. The Bertz CT molecular complexity index is 1020. The lowest BCUT2D eigenvalue weighted by Crippen LogP contribution is -2.45. The summed E-state index contributed by atoms with van der Waals surface area (Å²) < 4.78 is 49.3. The topological polar surface area (TPSA) is 58.6 Å². The van der Waals surface area contributed by atoms with E-state index in [0.29, 0.717) is 25.2 Å². The van der Waals surface area contributed by atoms with E-state index in [1.165, 1.54) is 4.31 Å². The second-order valence-electron chi connectivity index (χ2n) is 9.15. The number of sulfonamides is 1. The highest BCUT2D eigenvalue weighted by molar-refractivity contribution is 7.89. The van der Waals surface area contributed by atoms with E-state index >= 15 is 4.39 Å². The fourth-order valence-corrected chi connectivity index (χ4v) is 7.38. The summed E-state index contributed by atoms with van der Waals surface area (Å²) in [5, 5.41) is 2.67. The van der Waals surface area contributed by atoms with Gasteiger partial charge in [-0.15, -0.1) is 0 Å². The van der Waals surface area contributed by atoms with Crippen molar-refractivity contribution in [2.24, 2.45) is 0 Å². The number of nitrogens with one attached hydrogen (secondary N) is 1. The van der Waals surface area contributed by atoms with Crippen molar-refractivity contribution >= 4 is 10.0 Å². The number of ether oxygens (including phenoxy) is 1. The summed E-state index contributed by atoms with van der Waals surface area (Å²) in [6.07, 6.45) is 3.01. The van der Waals surface area contributed by atoms with E-state index in [1.54, 1.807) is 12.1 Å². The van der Waals surface area contributed by atoms with Crippen LogP contribution in [0.3, 0.4) is 0 Å². The smallest absolute Gasteiger partial charge is 0.221 e. The zero-order valence-corrected chi connectivity index (χ0v) is 19.7. The van der Waals surface area contributed by atoms with Crippen molar-refractivity contribution in [3.63, 3.8) is 0 Å². The summed E-state index contributed by atoms with van der Waals surface area (Å²) >= 11 is 0. The van der Waals surface area contributed by atoms with Gasteiger partial charge in [-0.1, -0.05) is 42.5 Å². The maximum atomic E-state index is 15.3. The Kier molecular flexibility index (Phi) is 7.00. The number of likely N-dealkylation sites (N-methyl/N-ethyl adjacent to an activating group) is 1. The van der Waals surface area contributed by atoms with E-state index in [2.05, 4.69) is 5.32 Å². The quantitative estimate of drug-likeness (QED) is 0.704. The molecule has 2 aromatic carbocycles. The minimum absolute atomic E-state index is 0.0566. The van der Waals surface area contributed by atoms with E-state index in [-0.39, 0.29) is 23.8 Å².